The van der Waals surface area contributed by atoms with Crippen LogP contribution in [-0.2, 0) is 9.53 Å². The normalized spacial score (nSPS) is 34.2. The second-order valence-corrected chi connectivity index (χ2v) is 5.21. The fourth-order valence-electron chi connectivity index (χ4n) is 2.49. The molecule has 0 bridgehead atoms. The molecule has 0 aromatic carbocycles. The van der Waals surface area contributed by atoms with Gasteiger partial charge in [-0.25, -0.2) is 0 Å². The van der Waals surface area contributed by atoms with Crippen LogP contribution in [-0.4, -0.2) is 37.2 Å². The molecular formula is C12H22N2O2. The van der Waals surface area contributed by atoms with E-state index in [9.17, 15) is 4.79 Å². The Balaban J connectivity index is 1.67. The molecule has 2 fully saturated rings. The molecule has 2 aliphatic heterocycles. The van der Waals surface area contributed by atoms with E-state index in [0.29, 0.717) is 12.5 Å². The number of hydrogen-bond acceptors (Lipinski definition) is 3. The first-order valence-electron chi connectivity index (χ1n) is 6.31. The maximum Gasteiger partial charge on any atom is 0.220 e. The Hall–Kier alpha value is -0.610. The average molecular weight is 226 g/mol. The minimum absolute atomic E-state index is 0.0341. The molecule has 2 atom stereocenters. The smallest absolute Gasteiger partial charge is 0.220 e. The van der Waals surface area contributed by atoms with Crippen molar-refractivity contribution in [3.05, 3.63) is 0 Å². The molecule has 2 heterocycles. The highest BCUT2D eigenvalue weighted by atomic mass is 16.5. The van der Waals surface area contributed by atoms with Crippen LogP contribution < -0.4 is 10.6 Å². The lowest BCUT2D eigenvalue weighted by Gasteiger charge is -2.24. The lowest BCUT2D eigenvalue weighted by molar-refractivity contribution is -0.123. The minimum Gasteiger partial charge on any atom is -0.378 e. The number of rotatable bonds is 4. The van der Waals surface area contributed by atoms with Crippen molar-refractivity contribution in [3.8, 4) is 0 Å². The highest BCUT2D eigenvalue weighted by Gasteiger charge is 2.30. The molecule has 0 aliphatic carbocycles. The Morgan fingerprint density at radius 2 is 2.50 bits per heavy atom. The first-order valence-corrected chi connectivity index (χ1v) is 6.31. The largest absolute Gasteiger partial charge is 0.378 e. The van der Waals surface area contributed by atoms with Crippen molar-refractivity contribution >= 4 is 5.91 Å². The highest BCUT2D eigenvalue weighted by molar-refractivity contribution is 5.76. The van der Waals surface area contributed by atoms with Gasteiger partial charge in [-0.3, -0.25) is 4.79 Å². The van der Waals surface area contributed by atoms with Crippen molar-refractivity contribution < 1.29 is 9.53 Å². The SMILES string of the molecule is CC1(NC(=O)CCC2CCCO2)CCNC1. The highest BCUT2D eigenvalue weighted by Crippen LogP contribution is 2.18. The molecule has 92 valence electrons. The van der Waals surface area contributed by atoms with Gasteiger partial charge in [-0.1, -0.05) is 0 Å². The predicted octanol–water partition coefficient (Wildman–Crippen LogP) is 0.814. The third-order valence-corrected chi connectivity index (χ3v) is 3.53. The Morgan fingerprint density at radius 1 is 1.62 bits per heavy atom. The van der Waals surface area contributed by atoms with Gasteiger partial charge in [0.1, 0.15) is 0 Å². The van der Waals surface area contributed by atoms with Crippen molar-refractivity contribution in [1.29, 1.82) is 0 Å². The summed E-state index contributed by atoms with van der Waals surface area (Å²) in [7, 11) is 0. The van der Waals surface area contributed by atoms with Crippen LogP contribution in [0.4, 0.5) is 0 Å². The molecule has 2 N–H and O–H groups in total. The van der Waals surface area contributed by atoms with Crippen molar-refractivity contribution in [1.82, 2.24) is 10.6 Å². The molecule has 0 radical (unpaired) electrons. The van der Waals surface area contributed by atoms with Crippen LogP contribution in [0.15, 0.2) is 0 Å². The monoisotopic (exact) mass is 226 g/mol. The van der Waals surface area contributed by atoms with Gasteiger partial charge in [0.05, 0.1) is 11.6 Å². The third-order valence-electron chi connectivity index (χ3n) is 3.53. The number of ether oxygens (including phenoxy) is 1. The molecule has 0 aromatic heterocycles. The van der Waals surface area contributed by atoms with Crippen LogP contribution >= 0.6 is 0 Å². The molecule has 1 amide bonds. The van der Waals surface area contributed by atoms with Crippen molar-refractivity contribution in [3.63, 3.8) is 0 Å². The van der Waals surface area contributed by atoms with Crippen LogP contribution in [0.25, 0.3) is 0 Å². The second kappa shape index (κ2) is 5.15. The molecule has 0 aromatic rings. The van der Waals surface area contributed by atoms with Gasteiger partial charge in [-0.15, -0.1) is 0 Å². The summed E-state index contributed by atoms with van der Waals surface area (Å²) in [5, 5.41) is 6.40. The fraction of sp³-hybridized carbons (Fsp3) is 0.917. The van der Waals surface area contributed by atoms with E-state index in [1.807, 2.05) is 0 Å². The number of nitrogens with one attached hydrogen (secondary N) is 2. The van der Waals surface area contributed by atoms with Crippen LogP contribution in [0.1, 0.15) is 39.0 Å². The predicted molar refractivity (Wildman–Crippen MR) is 62.2 cm³/mol. The molecule has 2 unspecified atom stereocenters. The molecule has 16 heavy (non-hydrogen) atoms. The summed E-state index contributed by atoms with van der Waals surface area (Å²) in [5.74, 6) is 0.168. The summed E-state index contributed by atoms with van der Waals surface area (Å²) in [6.45, 7) is 4.87. The Morgan fingerprint density at radius 3 is 3.12 bits per heavy atom. The van der Waals surface area contributed by atoms with E-state index in [2.05, 4.69) is 17.6 Å². The molecule has 2 saturated heterocycles. The van der Waals surface area contributed by atoms with Gasteiger partial charge >= 0.3 is 0 Å². The van der Waals surface area contributed by atoms with Crippen LogP contribution in [0.2, 0.25) is 0 Å². The number of amides is 1. The molecule has 0 spiro atoms. The van der Waals surface area contributed by atoms with Gasteiger partial charge in [0.25, 0.3) is 0 Å². The lowest BCUT2D eigenvalue weighted by Crippen LogP contribution is -2.47. The van der Waals surface area contributed by atoms with Crippen molar-refractivity contribution in [2.45, 2.75) is 50.7 Å². The Bertz CT molecular complexity index is 243. The summed E-state index contributed by atoms with van der Waals surface area (Å²) < 4.78 is 5.51. The Kier molecular flexibility index (Phi) is 3.82. The van der Waals surface area contributed by atoms with E-state index in [1.165, 1.54) is 0 Å². The van der Waals surface area contributed by atoms with Crippen molar-refractivity contribution in [2.75, 3.05) is 19.7 Å². The minimum atomic E-state index is -0.0341. The third kappa shape index (κ3) is 3.19. The van der Waals surface area contributed by atoms with Gasteiger partial charge < -0.3 is 15.4 Å². The van der Waals surface area contributed by atoms with E-state index in [1.54, 1.807) is 0 Å². The first-order chi connectivity index (χ1) is 7.68. The second-order valence-electron chi connectivity index (χ2n) is 5.21. The molecule has 0 saturated carbocycles. The molecular weight excluding hydrogens is 204 g/mol. The zero-order valence-electron chi connectivity index (χ0n) is 10.1. The molecule has 2 aliphatic rings. The molecule has 4 nitrogen and oxygen atoms in total. The lowest BCUT2D eigenvalue weighted by atomic mass is 10.0. The Labute approximate surface area is 97.1 Å². The summed E-state index contributed by atoms with van der Waals surface area (Å²) in [6, 6.07) is 0. The summed E-state index contributed by atoms with van der Waals surface area (Å²) in [5.41, 5.74) is -0.0341. The number of hydrogen-bond donors (Lipinski definition) is 2. The van der Waals surface area contributed by atoms with Crippen LogP contribution in [0, 0.1) is 0 Å². The van der Waals surface area contributed by atoms with E-state index in [-0.39, 0.29) is 11.4 Å². The van der Waals surface area contributed by atoms with Crippen molar-refractivity contribution in [2.24, 2.45) is 0 Å². The number of carbonyl (C=O) groups is 1. The zero-order chi connectivity index (χ0) is 11.4. The van der Waals surface area contributed by atoms with Gasteiger partial charge in [0, 0.05) is 19.6 Å². The number of carbonyl (C=O) groups excluding carboxylic acids is 1. The topological polar surface area (TPSA) is 50.4 Å². The summed E-state index contributed by atoms with van der Waals surface area (Å²) >= 11 is 0. The maximum absolute atomic E-state index is 11.8. The first kappa shape index (κ1) is 11.9. The zero-order valence-corrected chi connectivity index (χ0v) is 10.1. The molecule has 4 heteroatoms. The van der Waals surface area contributed by atoms with Gasteiger partial charge in [-0.2, -0.15) is 0 Å². The fourth-order valence-corrected chi connectivity index (χ4v) is 2.49. The maximum atomic E-state index is 11.8. The van der Waals surface area contributed by atoms with Crippen LogP contribution in [0.5, 0.6) is 0 Å². The van der Waals surface area contributed by atoms with E-state index >= 15 is 0 Å². The average Bonchev–Trinajstić information content (AvgIpc) is 2.86. The standard InChI is InChI=1S/C12H22N2O2/c1-12(6-7-13-9-12)14-11(15)5-4-10-3-2-8-16-10/h10,13H,2-9H2,1H3,(H,14,15). The van der Waals surface area contributed by atoms with E-state index in [0.717, 1.165) is 45.4 Å². The van der Waals surface area contributed by atoms with E-state index < -0.39 is 0 Å². The summed E-state index contributed by atoms with van der Waals surface area (Å²) in [4.78, 5) is 11.8. The molecule has 2 rings (SSSR count). The quantitative estimate of drug-likeness (QED) is 0.746. The summed E-state index contributed by atoms with van der Waals surface area (Å²) in [6.07, 6.45) is 5.08. The van der Waals surface area contributed by atoms with Gasteiger partial charge in [0.15, 0.2) is 0 Å². The van der Waals surface area contributed by atoms with Crippen LogP contribution in [0.3, 0.4) is 0 Å². The van der Waals surface area contributed by atoms with Gasteiger partial charge in [-0.05, 0) is 39.2 Å². The van der Waals surface area contributed by atoms with Gasteiger partial charge in [0.2, 0.25) is 5.91 Å². The van der Waals surface area contributed by atoms with E-state index in [4.69, 9.17) is 4.74 Å².